The molecule has 1 aliphatic heterocycles. The molecule has 2 rings (SSSR count). The Morgan fingerprint density at radius 2 is 1.85 bits per heavy atom. The Balaban J connectivity index is 1.84. The van der Waals surface area contributed by atoms with Crippen molar-refractivity contribution in [3.05, 3.63) is 0 Å². The first-order valence-electron chi connectivity index (χ1n) is 6.16. The highest BCUT2D eigenvalue weighted by atomic mass is 15.2. The number of piperidine rings is 1. The van der Waals surface area contributed by atoms with Gasteiger partial charge in [0.1, 0.15) is 0 Å². The molecule has 0 aromatic carbocycles. The van der Waals surface area contributed by atoms with Gasteiger partial charge in [0, 0.05) is 6.04 Å². The van der Waals surface area contributed by atoms with E-state index in [4.69, 9.17) is 0 Å². The summed E-state index contributed by atoms with van der Waals surface area (Å²) >= 11 is 0. The van der Waals surface area contributed by atoms with E-state index in [1.807, 2.05) is 0 Å². The van der Waals surface area contributed by atoms with Gasteiger partial charge in [-0.25, -0.2) is 0 Å². The van der Waals surface area contributed by atoms with Gasteiger partial charge in [0.05, 0.1) is 0 Å². The summed E-state index contributed by atoms with van der Waals surface area (Å²) in [5.41, 5.74) is 0. The Morgan fingerprint density at radius 3 is 2.38 bits per heavy atom. The van der Waals surface area contributed by atoms with Crippen LogP contribution in [0.25, 0.3) is 0 Å². The van der Waals surface area contributed by atoms with Crippen molar-refractivity contribution in [2.75, 3.05) is 13.1 Å². The molecule has 1 saturated carbocycles. The van der Waals surface area contributed by atoms with Crippen LogP contribution < -0.4 is 0 Å². The Bertz CT molecular complexity index is 145. The quantitative estimate of drug-likeness (QED) is 0.644. The highest BCUT2D eigenvalue weighted by Crippen LogP contribution is 2.38. The Morgan fingerprint density at radius 1 is 1.15 bits per heavy atom. The van der Waals surface area contributed by atoms with Crippen molar-refractivity contribution in [3.63, 3.8) is 0 Å². The maximum Gasteiger partial charge on any atom is 0.0123 e. The topological polar surface area (TPSA) is 3.24 Å². The zero-order valence-electron chi connectivity index (χ0n) is 8.97. The first-order valence-corrected chi connectivity index (χ1v) is 6.16. The summed E-state index contributed by atoms with van der Waals surface area (Å²) in [5, 5.41) is 0. The summed E-state index contributed by atoms with van der Waals surface area (Å²) in [6.07, 6.45) is 10.2. The molecule has 1 aliphatic carbocycles. The van der Waals surface area contributed by atoms with Gasteiger partial charge in [-0.1, -0.05) is 19.8 Å². The first kappa shape index (κ1) is 9.51. The van der Waals surface area contributed by atoms with E-state index >= 15 is 0 Å². The molecule has 0 amide bonds. The van der Waals surface area contributed by atoms with Crippen LogP contribution in [0, 0.1) is 5.92 Å². The molecule has 0 bridgehead atoms. The second-order valence-electron chi connectivity index (χ2n) is 4.79. The summed E-state index contributed by atoms with van der Waals surface area (Å²) in [6, 6.07) is 0.963. The lowest BCUT2D eigenvalue weighted by Gasteiger charge is -2.34. The van der Waals surface area contributed by atoms with E-state index < -0.39 is 0 Å². The van der Waals surface area contributed by atoms with Crippen LogP contribution in [0.5, 0.6) is 0 Å². The fourth-order valence-corrected chi connectivity index (χ4v) is 2.74. The third-order valence-corrected chi connectivity index (χ3v) is 3.61. The third-order valence-electron chi connectivity index (χ3n) is 3.61. The van der Waals surface area contributed by atoms with Gasteiger partial charge >= 0.3 is 0 Å². The normalized spacial score (nSPS) is 27.5. The van der Waals surface area contributed by atoms with Gasteiger partial charge in [0.25, 0.3) is 0 Å². The van der Waals surface area contributed by atoms with Crippen molar-refractivity contribution in [2.45, 2.75) is 57.9 Å². The molecule has 0 N–H and O–H groups in total. The minimum atomic E-state index is 0.963. The number of likely N-dealkylation sites (tertiary alicyclic amines) is 1. The first-order chi connectivity index (χ1) is 6.42. The van der Waals surface area contributed by atoms with Crippen LogP contribution in [-0.2, 0) is 0 Å². The molecule has 1 heterocycles. The molecule has 1 nitrogen and oxygen atoms in total. The maximum atomic E-state index is 2.78. The molecule has 2 fully saturated rings. The van der Waals surface area contributed by atoms with Crippen LogP contribution >= 0.6 is 0 Å². The summed E-state index contributed by atoms with van der Waals surface area (Å²) in [4.78, 5) is 2.78. The van der Waals surface area contributed by atoms with Gasteiger partial charge in [-0.3, -0.25) is 0 Å². The lowest BCUT2D eigenvalue weighted by atomic mass is 10.0. The average Bonchev–Trinajstić information content (AvgIpc) is 2.99. The second-order valence-corrected chi connectivity index (χ2v) is 4.79. The van der Waals surface area contributed by atoms with Gasteiger partial charge in [0.2, 0.25) is 0 Å². The standard InChI is InChI=1S/C12H23N/c1-2-6-12(11-7-8-11)13-9-4-3-5-10-13/h11-12H,2-10H2,1H3. The Labute approximate surface area is 82.5 Å². The van der Waals surface area contributed by atoms with Gasteiger partial charge < -0.3 is 4.90 Å². The minimum Gasteiger partial charge on any atom is -0.300 e. The van der Waals surface area contributed by atoms with Gasteiger partial charge in [-0.15, -0.1) is 0 Å². The van der Waals surface area contributed by atoms with Crippen LogP contribution in [0.1, 0.15) is 51.9 Å². The summed E-state index contributed by atoms with van der Waals surface area (Å²) in [7, 11) is 0. The molecule has 76 valence electrons. The highest BCUT2D eigenvalue weighted by Gasteiger charge is 2.34. The van der Waals surface area contributed by atoms with Gasteiger partial charge in [-0.2, -0.15) is 0 Å². The number of hydrogen-bond donors (Lipinski definition) is 0. The minimum absolute atomic E-state index is 0.963. The fraction of sp³-hybridized carbons (Fsp3) is 1.00. The van der Waals surface area contributed by atoms with E-state index in [9.17, 15) is 0 Å². The molecule has 0 radical (unpaired) electrons. The maximum absolute atomic E-state index is 2.78. The van der Waals surface area contributed by atoms with Crippen molar-refractivity contribution >= 4 is 0 Å². The van der Waals surface area contributed by atoms with Crippen LogP contribution in [0.4, 0.5) is 0 Å². The molecule has 0 aromatic heterocycles. The molecule has 13 heavy (non-hydrogen) atoms. The Kier molecular flexibility index (Phi) is 3.26. The van der Waals surface area contributed by atoms with Crippen molar-refractivity contribution in [3.8, 4) is 0 Å². The zero-order valence-corrected chi connectivity index (χ0v) is 8.97. The molecule has 1 unspecified atom stereocenters. The van der Waals surface area contributed by atoms with E-state index in [0.717, 1.165) is 12.0 Å². The molecule has 0 aromatic rings. The van der Waals surface area contributed by atoms with Crippen molar-refractivity contribution in [1.29, 1.82) is 0 Å². The van der Waals surface area contributed by atoms with E-state index in [-0.39, 0.29) is 0 Å². The number of nitrogens with zero attached hydrogens (tertiary/aromatic N) is 1. The largest absolute Gasteiger partial charge is 0.300 e. The van der Waals surface area contributed by atoms with Crippen LogP contribution in [-0.4, -0.2) is 24.0 Å². The molecule has 2 aliphatic rings. The summed E-state index contributed by atoms with van der Waals surface area (Å²) in [6.45, 7) is 5.11. The predicted octanol–water partition coefficient (Wildman–Crippen LogP) is 3.05. The Hall–Kier alpha value is -0.0400. The molecular formula is C12H23N. The predicted molar refractivity (Wildman–Crippen MR) is 56.8 cm³/mol. The van der Waals surface area contributed by atoms with Gasteiger partial charge in [-0.05, 0) is 51.1 Å². The van der Waals surface area contributed by atoms with Crippen LogP contribution in [0.15, 0.2) is 0 Å². The lowest BCUT2D eigenvalue weighted by molar-refractivity contribution is 0.138. The van der Waals surface area contributed by atoms with Crippen molar-refractivity contribution < 1.29 is 0 Å². The third kappa shape index (κ3) is 2.46. The number of rotatable bonds is 4. The van der Waals surface area contributed by atoms with Crippen molar-refractivity contribution in [2.24, 2.45) is 5.92 Å². The van der Waals surface area contributed by atoms with E-state index in [1.54, 1.807) is 0 Å². The SMILES string of the molecule is CCCC(C1CC1)N1CCCCC1. The summed E-state index contributed by atoms with van der Waals surface area (Å²) in [5.74, 6) is 1.08. The number of hydrogen-bond acceptors (Lipinski definition) is 1. The fourth-order valence-electron chi connectivity index (χ4n) is 2.74. The molecule has 1 atom stereocenters. The van der Waals surface area contributed by atoms with E-state index in [1.165, 1.54) is 58.0 Å². The molecule has 0 spiro atoms. The van der Waals surface area contributed by atoms with Crippen LogP contribution in [0.3, 0.4) is 0 Å². The smallest absolute Gasteiger partial charge is 0.0123 e. The van der Waals surface area contributed by atoms with E-state index in [2.05, 4.69) is 11.8 Å². The summed E-state index contributed by atoms with van der Waals surface area (Å²) < 4.78 is 0. The monoisotopic (exact) mass is 181 g/mol. The molecule has 1 heteroatoms. The van der Waals surface area contributed by atoms with E-state index in [0.29, 0.717) is 0 Å². The molecule has 1 saturated heterocycles. The highest BCUT2D eigenvalue weighted by molar-refractivity contribution is 4.88. The van der Waals surface area contributed by atoms with Crippen molar-refractivity contribution in [1.82, 2.24) is 4.90 Å². The second kappa shape index (κ2) is 4.45. The molecular weight excluding hydrogens is 158 g/mol. The zero-order chi connectivity index (χ0) is 9.10. The lowest BCUT2D eigenvalue weighted by Crippen LogP contribution is -2.40. The van der Waals surface area contributed by atoms with Gasteiger partial charge in [0.15, 0.2) is 0 Å². The van der Waals surface area contributed by atoms with Crippen LogP contribution in [0.2, 0.25) is 0 Å². The average molecular weight is 181 g/mol.